The van der Waals surface area contributed by atoms with Gasteiger partial charge in [-0.15, -0.1) is 0 Å². The Morgan fingerprint density at radius 1 is 1.53 bits per heavy atom. The number of carbonyl (C=O) groups excluding carboxylic acids is 2. The zero-order valence-electron chi connectivity index (χ0n) is 10.2. The first-order valence-corrected chi connectivity index (χ1v) is 6.20. The molecule has 0 saturated carbocycles. The van der Waals surface area contributed by atoms with E-state index < -0.39 is 5.97 Å². The van der Waals surface area contributed by atoms with Crippen molar-refractivity contribution in [3.8, 4) is 0 Å². The average Bonchev–Trinajstić information content (AvgIpc) is 2.78. The molecular weight excluding hydrogens is 270 g/mol. The summed E-state index contributed by atoms with van der Waals surface area (Å²) in [5, 5.41) is 3.08. The smallest absolute Gasteiger partial charge is 0.340 e. The van der Waals surface area contributed by atoms with Crippen molar-refractivity contribution in [3.05, 3.63) is 28.8 Å². The number of carbonyl (C=O) groups is 2. The molecule has 3 N–H and O–H groups in total. The van der Waals surface area contributed by atoms with Gasteiger partial charge in [0.05, 0.1) is 12.1 Å². The van der Waals surface area contributed by atoms with Crippen LogP contribution in [0.5, 0.6) is 0 Å². The van der Waals surface area contributed by atoms with Crippen LogP contribution < -0.4 is 11.1 Å². The zero-order chi connectivity index (χ0) is 13.8. The van der Waals surface area contributed by atoms with Gasteiger partial charge < -0.3 is 20.7 Å². The number of ether oxygens (including phenoxy) is 1. The number of nitrogen functional groups attached to an aromatic ring is 1. The largest absolute Gasteiger partial charge is 0.460 e. The van der Waals surface area contributed by atoms with Crippen molar-refractivity contribution in [1.82, 2.24) is 10.2 Å². The summed E-state index contributed by atoms with van der Waals surface area (Å²) >= 11 is 5.79. The van der Waals surface area contributed by atoms with Crippen LogP contribution in [-0.4, -0.2) is 43.1 Å². The lowest BCUT2D eigenvalue weighted by Crippen LogP contribution is -2.31. The molecule has 1 heterocycles. The van der Waals surface area contributed by atoms with E-state index in [9.17, 15) is 9.59 Å². The third-order valence-electron chi connectivity index (χ3n) is 2.77. The molecule has 1 fully saturated rings. The van der Waals surface area contributed by atoms with E-state index in [1.54, 1.807) is 17.0 Å². The molecule has 1 aromatic carbocycles. The highest BCUT2D eigenvalue weighted by molar-refractivity contribution is 6.31. The molecule has 0 spiro atoms. The van der Waals surface area contributed by atoms with Crippen molar-refractivity contribution in [1.29, 1.82) is 0 Å². The second-order valence-corrected chi connectivity index (χ2v) is 4.52. The molecule has 102 valence electrons. The number of esters is 1. The number of benzene rings is 1. The van der Waals surface area contributed by atoms with Gasteiger partial charge in [0.2, 0.25) is 0 Å². The van der Waals surface area contributed by atoms with Gasteiger partial charge in [-0.05, 0) is 18.2 Å². The van der Waals surface area contributed by atoms with Crippen LogP contribution in [-0.2, 0) is 4.74 Å². The molecule has 1 aliphatic rings. The Morgan fingerprint density at radius 2 is 2.32 bits per heavy atom. The van der Waals surface area contributed by atoms with E-state index in [-0.39, 0.29) is 18.2 Å². The maximum atomic E-state index is 11.8. The maximum absolute atomic E-state index is 11.8. The standard InChI is InChI=1S/C12H14ClN3O3/c13-8-1-2-10(14)9(7-8)11(17)19-6-5-16-4-3-15-12(16)18/h1-2,7H,3-6,14H2,(H,15,18). The van der Waals surface area contributed by atoms with Crippen LogP contribution in [0.15, 0.2) is 18.2 Å². The quantitative estimate of drug-likeness (QED) is 0.640. The third kappa shape index (κ3) is 3.29. The van der Waals surface area contributed by atoms with E-state index in [4.69, 9.17) is 22.1 Å². The Balaban J connectivity index is 1.87. The molecule has 0 unspecified atom stereocenters. The number of anilines is 1. The fourth-order valence-corrected chi connectivity index (χ4v) is 1.93. The topological polar surface area (TPSA) is 84.7 Å². The van der Waals surface area contributed by atoms with Crippen molar-refractivity contribution in [2.75, 3.05) is 32.0 Å². The van der Waals surface area contributed by atoms with Crippen molar-refractivity contribution in [3.63, 3.8) is 0 Å². The summed E-state index contributed by atoms with van der Waals surface area (Å²) in [4.78, 5) is 24.6. The summed E-state index contributed by atoms with van der Waals surface area (Å²) in [7, 11) is 0. The Morgan fingerprint density at radius 3 is 3.00 bits per heavy atom. The Labute approximate surface area is 115 Å². The third-order valence-corrected chi connectivity index (χ3v) is 3.01. The van der Waals surface area contributed by atoms with Crippen LogP contribution >= 0.6 is 11.6 Å². The van der Waals surface area contributed by atoms with Gasteiger partial charge in [-0.2, -0.15) is 0 Å². The van der Waals surface area contributed by atoms with Gasteiger partial charge in [-0.3, -0.25) is 0 Å². The van der Waals surface area contributed by atoms with Gasteiger partial charge in [-0.1, -0.05) is 11.6 Å². The Bertz CT molecular complexity index is 507. The molecule has 0 bridgehead atoms. The number of nitrogens with zero attached hydrogens (tertiary/aromatic N) is 1. The van der Waals surface area contributed by atoms with E-state index in [0.717, 1.165) is 0 Å². The lowest BCUT2D eigenvalue weighted by molar-refractivity contribution is 0.0482. The second kappa shape index (κ2) is 5.79. The zero-order valence-corrected chi connectivity index (χ0v) is 10.9. The summed E-state index contributed by atoms with van der Waals surface area (Å²) < 4.78 is 5.07. The lowest BCUT2D eigenvalue weighted by atomic mass is 10.2. The van der Waals surface area contributed by atoms with E-state index >= 15 is 0 Å². The van der Waals surface area contributed by atoms with Gasteiger partial charge >= 0.3 is 12.0 Å². The van der Waals surface area contributed by atoms with Gasteiger partial charge in [0.15, 0.2) is 0 Å². The number of nitrogens with two attached hydrogens (primary N) is 1. The van der Waals surface area contributed by atoms with Crippen LogP contribution in [0.1, 0.15) is 10.4 Å². The lowest BCUT2D eigenvalue weighted by Gasteiger charge is -2.14. The molecule has 0 atom stereocenters. The molecule has 6 nitrogen and oxygen atoms in total. The van der Waals surface area contributed by atoms with Gasteiger partial charge in [-0.25, -0.2) is 9.59 Å². The second-order valence-electron chi connectivity index (χ2n) is 4.09. The predicted molar refractivity (Wildman–Crippen MR) is 71.1 cm³/mol. The molecule has 2 rings (SSSR count). The molecular formula is C12H14ClN3O3. The summed E-state index contributed by atoms with van der Waals surface area (Å²) in [6.45, 7) is 1.72. The van der Waals surface area contributed by atoms with Crippen LogP contribution in [0.2, 0.25) is 5.02 Å². The molecule has 1 aromatic rings. The number of urea groups is 1. The van der Waals surface area contributed by atoms with Gasteiger partial charge in [0, 0.05) is 23.8 Å². The van der Waals surface area contributed by atoms with Crippen molar-refractivity contribution >= 4 is 29.3 Å². The highest BCUT2D eigenvalue weighted by atomic mass is 35.5. The highest BCUT2D eigenvalue weighted by Crippen LogP contribution is 2.18. The Kier molecular flexibility index (Phi) is 4.11. The van der Waals surface area contributed by atoms with Crippen LogP contribution in [0, 0.1) is 0 Å². The molecule has 0 radical (unpaired) electrons. The minimum absolute atomic E-state index is 0.123. The molecule has 0 aromatic heterocycles. The minimum Gasteiger partial charge on any atom is -0.460 e. The first-order valence-electron chi connectivity index (χ1n) is 5.83. The maximum Gasteiger partial charge on any atom is 0.340 e. The van der Waals surface area contributed by atoms with Crippen LogP contribution in [0.3, 0.4) is 0 Å². The number of hydrogen-bond donors (Lipinski definition) is 2. The summed E-state index contributed by atoms with van der Waals surface area (Å²) in [6.07, 6.45) is 0. The Hall–Kier alpha value is -1.95. The molecule has 0 aliphatic carbocycles. The van der Waals surface area contributed by atoms with E-state index in [1.807, 2.05) is 0 Å². The predicted octanol–water partition coefficient (Wildman–Crippen LogP) is 1.10. The van der Waals surface area contributed by atoms with E-state index in [2.05, 4.69) is 5.32 Å². The number of hydrogen-bond acceptors (Lipinski definition) is 4. The number of amides is 2. The number of rotatable bonds is 4. The molecule has 7 heteroatoms. The number of nitrogens with one attached hydrogen (secondary N) is 1. The molecule has 19 heavy (non-hydrogen) atoms. The van der Waals surface area contributed by atoms with Crippen LogP contribution in [0.4, 0.5) is 10.5 Å². The highest BCUT2D eigenvalue weighted by Gasteiger charge is 2.19. The normalized spacial score (nSPS) is 14.4. The minimum atomic E-state index is -0.542. The SMILES string of the molecule is Nc1ccc(Cl)cc1C(=O)OCCN1CCNC1=O. The fraction of sp³-hybridized carbons (Fsp3) is 0.333. The summed E-state index contributed by atoms with van der Waals surface area (Å²) in [6, 6.07) is 4.47. The van der Waals surface area contributed by atoms with Gasteiger partial charge in [0.25, 0.3) is 0 Å². The fourth-order valence-electron chi connectivity index (χ4n) is 1.76. The van der Waals surface area contributed by atoms with Crippen molar-refractivity contribution in [2.24, 2.45) is 0 Å². The molecule has 1 aliphatic heterocycles. The summed E-state index contributed by atoms with van der Waals surface area (Å²) in [5.41, 5.74) is 6.22. The average molecular weight is 284 g/mol. The van der Waals surface area contributed by atoms with E-state index in [1.165, 1.54) is 6.07 Å². The van der Waals surface area contributed by atoms with Crippen molar-refractivity contribution < 1.29 is 14.3 Å². The van der Waals surface area contributed by atoms with Gasteiger partial charge in [0.1, 0.15) is 6.61 Å². The first-order chi connectivity index (χ1) is 9.08. The number of halogens is 1. The first kappa shape index (κ1) is 13.5. The van der Waals surface area contributed by atoms with E-state index in [0.29, 0.717) is 30.3 Å². The summed E-state index contributed by atoms with van der Waals surface area (Å²) in [5.74, 6) is -0.542. The van der Waals surface area contributed by atoms with Crippen LogP contribution in [0.25, 0.3) is 0 Å². The molecule has 1 saturated heterocycles. The monoisotopic (exact) mass is 283 g/mol. The van der Waals surface area contributed by atoms with Crippen molar-refractivity contribution in [2.45, 2.75) is 0 Å². The molecule has 2 amide bonds.